The molecule has 1 amide bonds. The van der Waals surface area contributed by atoms with Crippen molar-refractivity contribution >= 4 is 45.0 Å². The number of carbonyl (C=O) groups excluding carboxylic acids is 1. The number of thioether (sulfide) groups is 1. The van der Waals surface area contributed by atoms with E-state index in [0.717, 1.165) is 33.6 Å². The van der Waals surface area contributed by atoms with Gasteiger partial charge >= 0.3 is 0 Å². The molecule has 10 heteroatoms. The summed E-state index contributed by atoms with van der Waals surface area (Å²) in [6, 6.07) is 15.8. The van der Waals surface area contributed by atoms with Crippen LogP contribution in [0.1, 0.15) is 12.6 Å². The molecule has 0 atom stereocenters. The number of aryl methyl sites for hydroxylation is 1. The molecule has 34 heavy (non-hydrogen) atoms. The molecule has 0 saturated carbocycles. The summed E-state index contributed by atoms with van der Waals surface area (Å²) in [6.07, 6.45) is 1.94. The molecule has 0 radical (unpaired) electrons. The predicted octanol–water partition coefficient (Wildman–Crippen LogP) is 5.31. The highest BCUT2D eigenvalue weighted by atomic mass is 32.2. The quantitative estimate of drug-likeness (QED) is 0.286. The molecule has 0 spiro atoms. The van der Waals surface area contributed by atoms with Gasteiger partial charge in [-0.15, -0.1) is 21.5 Å². The molecule has 0 saturated heterocycles. The van der Waals surface area contributed by atoms with Crippen LogP contribution in [-0.2, 0) is 4.79 Å². The third kappa shape index (κ3) is 4.55. The first-order valence-electron chi connectivity index (χ1n) is 10.7. The molecule has 0 bridgehead atoms. The molecular formula is C24H22N6O2S2. The predicted molar refractivity (Wildman–Crippen MR) is 136 cm³/mol. The van der Waals surface area contributed by atoms with Crippen molar-refractivity contribution in [3.8, 4) is 22.8 Å². The number of amides is 1. The molecule has 2 N–H and O–H groups in total. The van der Waals surface area contributed by atoms with Crippen molar-refractivity contribution in [2.45, 2.75) is 19.0 Å². The summed E-state index contributed by atoms with van der Waals surface area (Å²) in [5.74, 6) is 1.52. The lowest BCUT2D eigenvalue weighted by Gasteiger charge is -2.11. The Balaban J connectivity index is 1.48. The van der Waals surface area contributed by atoms with Gasteiger partial charge in [0.25, 0.3) is 0 Å². The minimum atomic E-state index is -0.144. The highest BCUT2D eigenvalue weighted by Gasteiger charge is 2.20. The lowest BCUT2D eigenvalue weighted by Crippen LogP contribution is -2.14. The second kappa shape index (κ2) is 9.70. The summed E-state index contributed by atoms with van der Waals surface area (Å²) in [7, 11) is 0. The Morgan fingerprint density at radius 2 is 2.00 bits per heavy atom. The van der Waals surface area contributed by atoms with Crippen LogP contribution in [0.2, 0.25) is 0 Å². The van der Waals surface area contributed by atoms with Crippen LogP contribution in [0.3, 0.4) is 0 Å². The Labute approximate surface area is 204 Å². The molecule has 5 aromatic rings. The van der Waals surface area contributed by atoms with Crippen molar-refractivity contribution in [1.82, 2.24) is 24.7 Å². The zero-order valence-electron chi connectivity index (χ0n) is 18.6. The maximum absolute atomic E-state index is 12.5. The van der Waals surface area contributed by atoms with Crippen LogP contribution in [0.15, 0.2) is 65.3 Å². The maximum atomic E-state index is 12.5. The number of H-pyrrole nitrogens is 1. The van der Waals surface area contributed by atoms with Crippen molar-refractivity contribution < 1.29 is 9.53 Å². The van der Waals surface area contributed by atoms with Crippen LogP contribution in [0.25, 0.3) is 28.0 Å². The van der Waals surface area contributed by atoms with Crippen LogP contribution in [-0.4, -0.2) is 43.0 Å². The first kappa shape index (κ1) is 22.2. The van der Waals surface area contributed by atoms with E-state index < -0.39 is 0 Å². The Hall–Kier alpha value is -3.63. The van der Waals surface area contributed by atoms with Crippen LogP contribution in [0, 0.1) is 6.92 Å². The topological polar surface area (TPSA) is 97.7 Å². The normalized spacial score (nSPS) is 11.1. The average Bonchev–Trinajstić information content (AvgIpc) is 3.56. The minimum absolute atomic E-state index is 0.144. The van der Waals surface area contributed by atoms with E-state index in [4.69, 9.17) is 4.74 Å². The Morgan fingerprint density at radius 3 is 2.76 bits per heavy atom. The number of fused-ring (bicyclic) bond motifs is 1. The zero-order chi connectivity index (χ0) is 23.5. The lowest BCUT2D eigenvalue weighted by molar-refractivity contribution is -0.113. The SMILES string of the molecule is CCOc1ccc(-n2c(SCC(=O)Nc3nc(C)cs3)nnc2-c2c[nH]c3ccccc23)cc1. The number of nitrogens with one attached hydrogen (secondary N) is 2. The highest BCUT2D eigenvalue weighted by Crippen LogP contribution is 2.33. The lowest BCUT2D eigenvalue weighted by atomic mass is 10.1. The molecule has 0 fully saturated rings. The number of rotatable bonds is 8. The number of aromatic amines is 1. The molecular weight excluding hydrogens is 468 g/mol. The molecule has 0 aliphatic carbocycles. The largest absolute Gasteiger partial charge is 0.494 e. The Kier molecular flexibility index (Phi) is 6.33. The molecule has 8 nitrogen and oxygen atoms in total. The van der Waals surface area contributed by atoms with Crippen molar-refractivity contribution in [2.75, 3.05) is 17.7 Å². The number of para-hydroxylation sites is 1. The molecule has 5 rings (SSSR count). The van der Waals surface area contributed by atoms with Gasteiger partial charge in [-0.25, -0.2) is 4.98 Å². The summed E-state index contributed by atoms with van der Waals surface area (Å²) in [6.45, 7) is 4.45. The first-order chi connectivity index (χ1) is 16.6. The summed E-state index contributed by atoms with van der Waals surface area (Å²) in [5, 5.41) is 16.0. The van der Waals surface area contributed by atoms with Gasteiger partial charge in [-0.3, -0.25) is 9.36 Å². The second-order valence-electron chi connectivity index (χ2n) is 7.45. The first-order valence-corrected chi connectivity index (χ1v) is 12.6. The fraction of sp³-hybridized carbons (Fsp3) is 0.167. The number of aromatic nitrogens is 5. The van der Waals surface area contributed by atoms with Gasteiger partial charge in [-0.05, 0) is 44.2 Å². The van der Waals surface area contributed by atoms with E-state index in [0.29, 0.717) is 22.7 Å². The summed E-state index contributed by atoms with van der Waals surface area (Å²) < 4.78 is 7.57. The van der Waals surface area contributed by atoms with Crippen molar-refractivity contribution in [2.24, 2.45) is 0 Å². The maximum Gasteiger partial charge on any atom is 0.236 e. The van der Waals surface area contributed by atoms with Gasteiger partial charge in [0.2, 0.25) is 5.91 Å². The van der Waals surface area contributed by atoms with E-state index in [1.165, 1.54) is 23.1 Å². The van der Waals surface area contributed by atoms with Crippen molar-refractivity contribution in [1.29, 1.82) is 0 Å². The number of benzene rings is 2. The van der Waals surface area contributed by atoms with E-state index in [2.05, 4.69) is 31.5 Å². The third-order valence-corrected chi connectivity index (χ3v) is 6.87. The number of hydrogen-bond acceptors (Lipinski definition) is 7. The Bertz CT molecular complexity index is 1440. The average molecular weight is 491 g/mol. The van der Waals surface area contributed by atoms with Crippen LogP contribution in [0.5, 0.6) is 5.75 Å². The number of hydrogen-bond donors (Lipinski definition) is 2. The van der Waals surface area contributed by atoms with Crippen LogP contribution < -0.4 is 10.1 Å². The van der Waals surface area contributed by atoms with Gasteiger partial charge in [0.1, 0.15) is 5.75 Å². The summed E-state index contributed by atoms with van der Waals surface area (Å²) >= 11 is 2.73. The van der Waals surface area contributed by atoms with E-state index in [1.807, 2.05) is 72.5 Å². The molecule has 0 unspecified atom stereocenters. The number of ether oxygens (including phenoxy) is 1. The van der Waals surface area contributed by atoms with E-state index in [1.54, 1.807) is 0 Å². The summed E-state index contributed by atoms with van der Waals surface area (Å²) in [4.78, 5) is 20.1. The molecule has 2 aromatic carbocycles. The van der Waals surface area contributed by atoms with Gasteiger partial charge < -0.3 is 15.0 Å². The van der Waals surface area contributed by atoms with Crippen molar-refractivity contribution in [3.05, 3.63) is 65.8 Å². The fourth-order valence-corrected chi connectivity index (χ4v) is 5.04. The number of nitrogens with zero attached hydrogens (tertiary/aromatic N) is 4. The number of carbonyl (C=O) groups is 1. The highest BCUT2D eigenvalue weighted by molar-refractivity contribution is 7.99. The zero-order valence-corrected chi connectivity index (χ0v) is 20.2. The van der Waals surface area contributed by atoms with Gasteiger partial charge in [-0.2, -0.15) is 0 Å². The van der Waals surface area contributed by atoms with Crippen LogP contribution in [0.4, 0.5) is 5.13 Å². The monoisotopic (exact) mass is 490 g/mol. The molecule has 0 aliphatic rings. The molecule has 3 heterocycles. The third-order valence-electron chi connectivity index (χ3n) is 5.07. The standard InChI is InChI=1S/C24H22N6O2S2/c1-3-32-17-10-8-16(9-11-17)30-22(19-12-25-20-7-5-4-6-18(19)20)28-29-24(30)34-14-21(31)27-23-26-15(2)13-33-23/h4-13,25H,3,14H2,1-2H3,(H,26,27,31). The van der Waals surface area contributed by atoms with Gasteiger partial charge in [-0.1, -0.05) is 30.0 Å². The van der Waals surface area contributed by atoms with Gasteiger partial charge in [0.15, 0.2) is 16.1 Å². The molecule has 0 aliphatic heterocycles. The van der Waals surface area contributed by atoms with Crippen LogP contribution >= 0.6 is 23.1 Å². The number of anilines is 1. The van der Waals surface area contributed by atoms with E-state index >= 15 is 0 Å². The minimum Gasteiger partial charge on any atom is -0.494 e. The van der Waals surface area contributed by atoms with E-state index in [-0.39, 0.29) is 11.7 Å². The second-order valence-corrected chi connectivity index (χ2v) is 9.25. The molecule has 172 valence electrons. The summed E-state index contributed by atoms with van der Waals surface area (Å²) in [5.41, 5.74) is 3.72. The van der Waals surface area contributed by atoms with Crippen molar-refractivity contribution in [3.63, 3.8) is 0 Å². The smallest absolute Gasteiger partial charge is 0.236 e. The van der Waals surface area contributed by atoms with Gasteiger partial charge in [0.05, 0.1) is 18.1 Å². The Morgan fingerprint density at radius 1 is 1.18 bits per heavy atom. The molecule has 3 aromatic heterocycles. The number of thiazole rings is 1. The van der Waals surface area contributed by atoms with Gasteiger partial charge in [0, 0.05) is 33.7 Å². The van der Waals surface area contributed by atoms with E-state index in [9.17, 15) is 4.79 Å². The fourth-order valence-electron chi connectivity index (χ4n) is 3.58.